The molecule has 18 heavy (non-hydrogen) atoms. The summed E-state index contributed by atoms with van der Waals surface area (Å²) in [5, 5.41) is 13.7. The summed E-state index contributed by atoms with van der Waals surface area (Å²) in [6.07, 6.45) is 5.76. The average Bonchev–Trinajstić information content (AvgIpc) is 2.35. The smallest absolute Gasteiger partial charge is 0.108 e. The van der Waals surface area contributed by atoms with Crippen LogP contribution in [0.5, 0.6) is 0 Å². The molecule has 1 rings (SSSR count). The molecule has 0 amide bonds. The average molecular weight is 268 g/mol. The summed E-state index contributed by atoms with van der Waals surface area (Å²) >= 11 is 2.08. The van der Waals surface area contributed by atoms with Crippen LogP contribution < -0.4 is 5.32 Å². The van der Waals surface area contributed by atoms with E-state index in [1.54, 1.807) is 0 Å². The third-order valence-corrected chi connectivity index (χ3v) is 5.43. The Bertz CT molecular complexity index is 285. The molecule has 2 nitrogen and oxygen atoms in total. The first-order chi connectivity index (χ1) is 8.51. The van der Waals surface area contributed by atoms with Gasteiger partial charge in [0, 0.05) is 11.3 Å². The molecular formula is C15H28N2S. The molecule has 3 atom stereocenters. The second kappa shape index (κ2) is 7.40. The highest BCUT2D eigenvalue weighted by molar-refractivity contribution is 7.99. The number of nitrogens with zero attached hydrogens (tertiary/aromatic N) is 1. The number of hydrogen-bond acceptors (Lipinski definition) is 3. The highest BCUT2D eigenvalue weighted by atomic mass is 32.2. The maximum atomic E-state index is 9.51. The van der Waals surface area contributed by atoms with E-state index in [-0.39, 0.29) is 5.54 Å². The van der Waals surface area contributed by atoms with Gasteiger partial charge in [0.25, 0.3) is 0 Å². The van der Waals surface area contributed by atoms with Gasteiger partial charge in [-0.25, -0.2) is 0 Å². The van der Waals surface area contributed by atoms with Gasteiger partial charge < -0.3 is 0 Å². The molecule has 0 saturated heterocycles. The van der Waals surface area contributed by atoms with E-state index in [1.807, 2.05) is 0 Å². The number of thioether (sulfide) groups is 1. The van der Waals surface area contributed by atoms with Gasteiger partial charge in [-0.3, -0.25) is 5.32 Å². The van der Waals surface area contributed by atoms with Crippen LogP contribution in [0.2, 0.25) is 0 Å². The molecule has 1 aliphatic rings. The predicted octanol–water partition coefficient (Wildman–Crippen LogP) is 3.97. The molecule has 1 saturated carbocycles. The second-order valence-electron chi connectivity index (χ2n) is 6.06. The Kier molecular flexibility index (Phi) is 6.52. The molecule has 0 aliphatic heterocycles. The van der Waals surface area contributed by atoms with Crippen LogP contribution in [-0.4, -0.2) is 22.6 Å². The molecule has 0 aromatic carbocycles. The van der Waals surface area contributed by atoms with Gasteiger partial charge in [-0.1, -0.05) is 20.3 Å². The van der Waals surface area contributed by atoms with E-state index in [9.17, 15) is 5.26 Å². The molecule has 3 heteroatoms. The van der Waals surface area contributed by atoms with Crippen LogP contribution in [0, 0.1) is 17.2 Å². The van der Waals surface area contributed by atoms with Crippen molar-refractivity contribution in [3.8, 4) is 6.07 Å². The van der Waals surface area contributed by atoms with Crippen LogP contribution in [0.3, 0.4) is 0 Å². The zero-order valence-electron chi connectivity index (χ0n) is 12.3. The predicted molar refractivity (Wildman–Crippen MR) is 80.8 cm³/mol. The van der Waals surface area contributed by atoms with Crippen molar-refractivity contribution in [2.24, 2.45) is 5.92 Å². The number of nitriles is 1. The molecule has 0 aromatic heterocycles. The van der Waals surface area contributed by atoms with E-state index in [2.05, 4.69) is 50.8 Å². The Labute approximate surface area is 117 Å². The van der Waals surface area contributed by atoms with Crippen LogP contribution >= 0.6 is 11.8 Å². The molecule has 0 bridgehead atoms. The highest BCUT2D eigenvalue weighted by Crippen LogP contribution is 2.36. The first-order valence-corrected chi connectivity index (χ1v) is 8.36. The largest absolute Gasteiger partial charge is 0.297 e. The quantitative estimate of drug-likeness (QED) is 0.792. The fourth-order valence-electron chi connectivity index (χ4n) is 2.60. The SMILES string of the molecule is CCC(C)CSC1CCCC(C#N)(NC(C)C)C1. The fraction of sp³-hybridized carbons (Fsp3) is 0.933. The molecule has 3 unspecified atom stereocenters. The zero-order valence-corrected chi connectivity index (χ0v) is 13.1. The molecule has 0 radical (unpaired) electrons. The Balaban J connectivity index is 2.51. The van der Waals surface area contributed by atoms with Gasteiger partial charge in [0.15, 0.2) is 0 Å². The summed E-state index contributed by atoms with van der Waals surface area (Å²) in [5.41, 5.74) is -0.264. The van der Waals surface area contributed by atoms with Gasteiger partial charge in [0.2, 0.25) is 0 Å². The Morgan fingerprint density at radius 2 is 2.17 bits per heavy atom. The third kappa shape index (κ3) is 4.82. The van der Waals surface area contributed by atoms with Crippen LogP contribution in [0.1, 0.15) is 59.8 Å². The topological polar surface area (TPSA) is 35.8 Å². The van der Waals surface area contributed by atoms with E-state index in [1.165, 1.54) is 25.0 Å². The minimum absolute atomic E-state index is 0.264. The first kappa shape index (κ1) is 15.9. The van der Waals surface area contributed by atoms with E-state index in [4.69, 9.17) is 0 Å². The Hall–Kier alpha value is -0.200. The Morgan fingerprint density at radius 1 is 1.44 bits per heavy atom. The molecule has 1 fully saturated rings. The van der Waals surface area contributed by atoms with Gasteiger partial charge in [-0.15, -0.1) is 0 Å². The van der Waals surface area contributed by atoms with Crippen molar-refractivity contribution in [2.45, 2.75) is 76.6 Å². The molecular weight excluding hydrogens is 240 g/mol. The second-order valence-corrected chi connectivity index (χ2v) is 7.39. The van der Waals surface area contributed by atoms with Gasteiger partial charge in [-0.2, -0.15) is 17.0 Å². The maximum absolute atomic E-state index is 9.51. The first-order valence-electron chi connectivity index (χ1n) is 7.32. The Morgan fingerprint density at radius 3 is 2.72 bits per heavy atom. The summed E-state index contributed by atoms with van der Waals surface area (Å²) in [6, 6.07) is 2.95. The molecule has 0 spiro atoms. The van der Waals surface area contributed by atoms with Crippen LogP contribution in [0.25, 0.3) is 0 Å². The van der Waals surface area contributed by atoms with Crippen molar-refractivity contribution >= 4 is 11.8 Å². The van der Waals surface area contributed by atoms with E-state index >= 15 is 0 Å². The molecule has 104 valence electrons. The van der Waals surface area contributed by atoms with Crippen molar-refractivity contribution in [3.05, 3.63) is 0 Å². The van der Waals surface area contributed by atoms with Gasteiger partial charge in [0.05, 0.1) is 6.07 Å². The molecule has 0 aromatic rings. The van der Waals surface area contributed by atoms with Crippen molar-refractivity contribution in [1.29, 1.82) is 5.26 Å². The fourth-order valence-corrected chi connectivity index (χ4v) is 4.17. The van der Waals surface area contributed by atoms with Gasteiger partial charge >= 0.3 is 0 Å². The van der Waals surface area contributed by atoms with E-state index in [0.29, 0.717) is 11.3 Å². The third-order valence-electron chi connectivity index (χ3n) is 3.80. The number of hydrogen-bond donors (Lipinski definition) is 1. The maximum Gasteiger partial charge on any atom is 0.108 e. The summed E-state index contributed by atoms with van der Waals surface area (Å²) in [5.74, 6) is 2.04. The standard InChI is InChI=1S/C15H28N2S/c1-5-13(4)10-18-14-7-6-8-15(9-14,11-16)17-12(2)3/h12-14,17H,5-10H2,1-4H3. The number of rotatable bonds is 6. The summed E-state index contributed by atoms with van der Waals surface area (Å²) in [4.78, 5) is 0. The lowest BCUT2D eigenvalue weighted by Crippen LogP contribution is -2.51. The van der Waals surface area contributed by atoms with Gasteiger partial charge in [-0.05, 0) is 51.2 Å². The van der Waals surface area contributed by atoms with Crippen molar-refractivity contribution in [3.63, 3.8) is 0 Å². The molecule has 1 aliphatic carbocycles. The summed E-state index contributed by atoms with van der Waals surface area (Å²) in [6.45, 7) is 8.84. The number of nitrogens with one attached hydrogen (secondary N) is 1. The van der Waals surface area contributed by atoms with Gasteiger partial charge in [0.1, 0.15) is 5.54 Å². The minimum Gasteiger partial charge on any atom is -0.297 e. The lowest BCUT2D eigenvalue weighted by Gasteiger charge is -2.37. The van der Waals surface area contributed by atoms with Crippen LogP contribution in [0.15, 0.2) is 0 Å². The lowest BCUT2D eigenvalue weighted by atomic mass is 9.82. The zero-order chi connectivity index (χ0) is 13.6. The van der Waals surface area contributed by atoms with Crippen molar-refractivity contribution < 1.29 is 0 Å². The summed E-state index contributed by atoms with van der Waals surface area (Å²) in [7, 11) is 0. The lowest BCUT2D eigenvalue weighted by molar-refractivity contribution is 0.284. The van der Waals surface area contributed by atoms with E-state index < -0.39 is 0 Å². The van der Waals surface area contributed by atoms with Crippen molar-refractivity contribution in [1.82, 2.24) is 5.32 Å². The summed E-state index contributed by atoms with van der Waals surface area (Å²) < 4.78 is 0. The van der Waals surface area contributed by atoms with Crippen molar-refractivity contribution in [2.75, 3.05) is 5.75 Å². The monoisotopic (exact) mass is 268 g/mol. The minimum atomic E-state index is -0.264. The van der Waals surface area contributed by atoms with E-state index in [0.717, 1.165) is 18.8 Å². The highest BCUT2D eigenvalue weighted by Gasteiger charge is 2.36. The van der Waals surface area contributed by atoms with Crippen LogP contribution in [0.4, 0.5) is 0 Å². The normalized spacial score (nSPS) is 30.1. The molecule has 1 N–H and O–H groups in total. The van der Waals surface area contributed by atoms with Crippen LogP contribution in [-0.2, 0) is 0 Å². The molecule has 0 heterocycles.